The number of alkyl carbamates (subject to hydrolysis) is 1. The summed E-state index contributed by atoms with van der Waals surface area (Å²) in [4.78, 5) is 36.0. The predicted octanol–water partition coefficient (Wildman–Crippen LogP) is 5.37. The topological polar surface area (TPSA) is 105 Å². The first-order valence-corrected chi connectivity index (χ1v) is 13.8. The molecule has 0 heterocycles. The zero-order chi connectivity index (χ0) is 26.7. The monoisotopic (exact) mass is 532 g/mol. The third-order valence-electron chi connectivity index (χ3n) is 6.46. The van der Waals surface area contributed by atoms with E-state index in [9.17, 15) is 14.4 Å². The summed E-state index contributed by atoms with van der Waals surface area (Å²) in [6.45, 7) is 1.19. The molecule has 3 N–H and O–H groups in total. The van der Waals surface area contributed by atoms with Gasteiger partial charge in [0.05, 0.1) is 6.42 Å². The Kier molecular flexibility index (Phi) is 9.81. The minimum atomic E-state index is -0.881. The lowest BCUT2D eigenvalue weighted by atomic mass is 9.98. The molecule has 1 aliphatic carbocycles. The van der Waals surface area contributed by atoms with Gasteiger partial charge in [-0.2, -0.15) is 0 Å². The van der Waals surface area contributed by atoms with Gasteiger partial charge in [0.1, 0.15) is 11.9 Å². The van der Waals surface area contributed by atoms with Gasteiger partial charge < -0.3 is 20.5 Å². The smallest absolute Gasteiger partial charge is 0.407 e. The molecule has 3 aromatic carbocycles. The fourth-order valence-electron chi connectivity index (χ4n) is 4.61. The number of fused-ring (bicyclic) bond motifs is 3. The maximum Gasteiger partial charge on any atom is 0.407 e. The van der Waals surface area contributed by atoms with Crippen LogP contribution in [0.2, 0.25) is 0 Å². The Morgan fingerprint density at radius 3 is 2.03 bits per heavy atom. The van der Waals surface area contributed by atoms with E-state index in [1.165, 1.54) is 34.0 Å². The van der Waals surface area contributed by atoms with Crippen LogP contribution in [0.4, 0.5) is 4.79 Å². The average molecular weight is 533 g/mol. The summed E-state index contributed by atoms with van der Waals surface area (Å²) < 4.78 is 5.55. The summed E-state index contributed by atoms with van der Waals surface area (Å²) in [5.41, 5.74) is 5.57. The highest BCUT2D eigenvalue weighted by Crippen LogP contribution is 2.44. The molecule has 38 heavy (non-hydrogen) atoms. The van der Waals surface area contributed by atoms with Crippen molar-refractivity contribution in [1.82, 2.24) is 10.6 Å². The zero-order valence-corrected chi connectivity index (χ0v) is 21.9. The maximum absolute atomic E-state index is 12.8. The zero-order valence-electron chi connectivity index (χ0n) is 21.1. The van der Waals surface area contributed by atoms with Crippen LogP contribution < -0.4 is 10.6 Å². The molecule has 198 valence electrons. The number of hydrogen-bond donors (Lipinski definition) is 3. The van der Waals surface area contributed by atoms with Gasteiger partial charge in [-0.1, -0.05) is 78.9 Å². The van der Waals surface area contributed by atoms with Crippen LogP contribution in [0.15, 0.2) is 78.9 Å². The Morgan fingerprint density at radius 2 is 1.39 bits per heavy atom. The predicted molar refractivity (Wildman–Crippen MR) is 149 cm³/mol. The van der Waals surface area contributed by atoms with Gasteiger partial charge in [0.2, 0.25) is 5.91 Å². The molecule has 7 nitrogen and oxygen atoms in total. The fourth-order valence-corrected chi connectivity index (χ4v) is 5.72. The highest BCUT2D eigenvalue weighted by Gasteiger charge is 2.29. The molecule has 4 rings (SSSR count). The van der Waals surface area contributed by atoms with Crippen molar-refractivity contribution in [3.05, 3.63) is 95.6 Å². The lowest BCUT2D eigenvalue weighted by Crippen LogP contribution is -2.30. The second kappa shape index (κ2) is 13.7. The van der Waals surface area contributed by atoms with Crippen molar-refractivity contribution >= 4 is 29.7 Å². The summed E-state index contributed by atoms with van der Waals surface area (Å²) >= 11 is 1.32. The van der Waals surface area contributed by atoms with E-state index in [1.54, 1.807) is 0 Å². The Bertz CT molecular complexity index is 1200. The summed E-state index contributed by atoms with van der Waals surface area (Å²) in [7, 11) is 0. The summed E-state index contributed by atoms with van der Waals surface area (Å²) in [6, 6.07) is 25.8. The highest BCUT2D eigenvalue weighted by atomic mass is 32.2. The van der Waals surface area contributed by atoms with E-state index in [4.69, 9.17) is 9.84 Å². The van der Waals surface area contributed by atoms with Gasteiger partial charge >= 0.3 is 12.1 Å². The summed E-state index contributed by atoms with van der Waals surface area (Å²) in [5, 5.41) is 14.2. The molecule has 1 aliphatic rings. The second-order valence-electron chi connectivity index (χ2n) is 9.06. The number of unbranched alkanes of at least 4 members (excludes halogenated alkanes) is 1. The third kappa shape index (κ3) is 7.16. The molecule has 0 saturated carbocycles. The molecule has 2 amide bonds. The molecular formula is C30H32N2O5S. The molecule has 1 unspecified atom stereocenters. The molecule has 8 heteroatoms. The van der Waals surface area contributed by atoms with Crippen molar-refractivity contribution in [2.75, 3.05) is 25.4 Å². The molecule has 0 bridgehead atoms. The van der Waals surface area contributed by atoms with Crippen LogP contribution in [0, 0.1) is 0 Å². The average Bonchev–Trinajstić information content (AvgIpc) is 3.25. The highest BCUT2D eigenvalue weighted by molar-refractivity contribution is 8.00. The maximum atomic E-state index is 12.8. The van der Waals surface area contributed by atoms with Crippen LogP contribution in [0.25, 0.3) is 11.1 Å². The van der Waals surface area contributed by atoms with Gasteiger partial charge in [-0.25, -0.2) is 4.79 Å². The van der Waals surface area contributed by atoms with E-state index in [0.29, 0.717) is 31.7 Å². The van der Waals surface area contributed by atoms with E-state index in [2.05, 4.69) is 34.9 Å². The van der Waals surface area contributed by atoms with Crippen LogP contribution in [-0.2, 0) is 14.3 Å². The Labute approximate surface area is 227 Å². The van der Waals surface area contributed by atoms with E-state index in [0.717, 1.165) is 5.56 Å². The van der Waals surface area contributed by atoms with Crippen LogP contribution in [0.1, 0.15) is 47.1 Å². The Balaban J connectivity index is 1.16. The number of hydrogen-bond acceptors (Lipinski definition) is 5. The number of carboxylic acids is 1. The lowest BCUT2D eigenvalue weighted by Gasteiger charge is -2.17. The first-order chi connectivity index (χ1) is 18.5. The van der Waals surface area contributed by atoms with E-state index >= 15 is 0 Å². The molecule has 0 fully saturated rings. The fraction of sp³-hybridized carbons (Fsp3) is 0.300. The van der Waals surface area contributed by atoms with Gasteiger partial charge in [0.25, 0.3) is 0 Å². The van der Waals surface area contributed by atoms with Crippen molar-refractivity contribution in [3.63, 3.8) is 0 Å². The van der Waals surface area contributed by atoms with Crippen LogP contribution in [0.5, 0.6) is 0 Å². The number of carboxylic acid groups (broad SMARTS) is 1. The van der Waals surface area contributed by atoms with Gasteiger partial charge in [-0.05, 0) is 40.7 Å². The van der Waals surface area contributed by atoms with Crippen molar-refractivity contribution in [3.8, 4) is 11.1 Å². The first kappa shape index (κ1) is 27.3. The molecule has 0 spiro atoms. The normalized spacial score (nSPS) is 12.7. The molecular weight excluding hydrogens is 500 g/mol. The van der Waals surface area contributed by atoms with Gasteiger partial charge in [-0.3, -0.25) is 9.59 Å². The molecule has 0 radical (unpaired) electrons. The number of aliphatic carboxylic acids is 1. The van der Waals surface area contributed by atoms with Crippen molar-refractivity contribution < 1.29 is 24.2 Å². The summed E-state index contributed by atoms with van der Waals surface area (Å²) in [5.74, 6) is -0.647. The second-order valence-corrected chi connectivity index (χ2v) is 10.3. The van der Waals surface area contributed by atoms with E-state index in [-0.39, 0.29) is 24.9 Å². The number of carbonyl (C=O) groups is 3. The third-order valence-corrected chi connectivity index (χ3v) is 7.72. The molecule has 3 aromatic rings. The Morgan fingerprint density at radius 1 is 0.816 bits per heavy atom. The Hall–Kier alpha value is -3.78. The minimum Gasteiger partial charge on any atom is -0.481 e. The quantitative estimate of drug-likeness (QED) is 0.256. The number of nitrogens with one attached hydrogen (secondary N) is 2. The standard InChI is InChI=1S/C30H32N2O5S/c33-27(34)16-19-38-28(21-10-2-1-3-11-21)29(35)31-17-8-9-18-32-30(36)37-20-26-24-14-6-4-12-22(24)23-13-5-7-15-25(23)26/h1-7,10-15,26,28H,8-9,16-20H2,(H,31,35)(H,32,36)(H,33,34). The number of thioether (sulfide) groups is 1. The number of carbonyl (C=O) groups excluding carboxylic acids is 2. The summed E-state index contributed by atoms with van der Waals surface area (Å²) in [6.07, 6.45) is 0.932. The molecule has 0 saturated heterocycles. The van der Waals surface area contributed by atoms with Crippen molar-refractivity contribution in [2.24, 2.45) is 0 Å². The largest absolute Gasteiger partial charge is 0.481 e. The number of amides is 2. The SMILES string of the molecule is O=C(O)CCSC(C(=O)NCCCCNC(=O)OCC1c2ccccc2-c2ccccc21)c1ccccc1. The van der Waals surface area contributed by atoms with Gasteiger partial charge in [0, 0.05) is 24.8 Å². The van der Waals surface area contributed by atoms with Crippen molar-refractivity contribution in [1.29, 1.82) is 0 Å². The van der Waals surface area contributed by atoms with Crippen LogP contribution in [0.3, 0.4) is 0 Å². The van der Waals surface area contributed by atoms with Crippen LogP contribution >= 0.6 is 11.8 Å². The van der Waals surface area contributed by atoms with E-state index < -0.39 is 17.3 Å². The molecule has 0 aromatic heterocycles. The number of ether oxygens (including phenoxy) is 1. The van der Waals surface area contributed by atoms with Gasteiger partial charge in [-0.15, -0.1) is 11.8 Å². The van der Waals surface area contributed by atoms with Crippen LogP contribution in [-0.4, -0.2) is 48.5 Å². The molecule has 1 atom stereocenters. The van der Waals surface area contributed by atoms with Crippen molar-refractivity contribution in [2.45, 2.75) is 30.4 Å². The van der Waals surface area contributed by atoms with Gasteiger partial charge in [0.15, 0.2) is 0 Å². The number of rotatable bonds is 13. The lowest BCUT2D eigenvalue weighted by molar-refractivity contribution is -0.136. The number of benzene rings is 3. The molecule has 0 aliphatic heterocycles. The minimum absolute atomic E-state index is 0.00280. The first-order valence-electron chi connectivity index (χ1n) is 12.8. The van der Waals surface area contributed by atoms with E-state index in [1.807, 2.05) is 54.6 Å².